The lowest BCUT2D eigenvalue weighted by Gasteiger charge is -2.23. The van der Waals surface area contributed by atoms with Crippen LogP contribution in [-0.2, 0) is 21.4 Å². The highest BCUT2D eigenvalue weighted by Crippen LogP contribution is 2.26. The normalized spacial score (nSPS) is 11.6. The van der Waals surface area contributed by atoms with Gasteiger partial charge in [0.1, 0.15) is 0 Å². The first kappa shape index (κ1) is 24.7. The second-order valence-corrected chi connectivity index (χ2v) is 11.0. The van der Waals surface area contributed by atoms with E-state index in [1.165, 1.54) is 12.1 Å². The summed E-state index contributed by atoms with van der Waals surface area (Å²) in [7, 11) is -3.99. The zero-order chi connectivity index (χ0) is 23.5. The van der Waals surface area contributed by atoms with Crippen molar-refractivity contribution < 1.29 is 13.2 Å². The maximum absolute atomic E-state index is 13.4. The fourth-order valence-electron chi connectivity index (χ4n) is 3.17. The van der Waals surface area contributed by atoms with E-state index >= 15 is 0 Å². The molecule has 1 N–H and O–H groups in total. The van der Waals surface area contributed by atoms with E-state index in [1.807, 2.05) is 32.0 Å². The molecule has 0 atom stereocenters. The van der Waals surface area contributed by atoms with Crippen molar-refractivity contribution in [1.29, 1.82) is 0 Å². The first-order valence-electron chi connectivity index (χ1n) is 9.63. The van der Waals surface area contributed by atoms with Crippen LogP contribution in [0, 0.1) is 13.8 Å². The summed E-state index contributed by atoms with van der Waals surface area (Å²) >= 11 is 15.6. The Morgan fingerprint density at radius 2 is 1.62 bits per heavy atom. The summed E-state index contributed by atoms with van der Waals surface area (Å²) in [5, 5.41) is 3.61. The number of nitrogens with one attached hydrogen (secondary N) is 1. The molecule has 0 aliphatic heterocycles. The van der Waals surface area contributed by atoms with Crippen LogP contribution in [0.3, 0.4) is 0 Å². The summed E-state index contributed by atoms with van der Waals surface area (Å²) in [6.07, 6.45) is 0. The second-order valence-electron chi connectivity index (χ2n) is 7.28. The molecule has 0 spiro atoms. The highest BCUT2D eigenvalue weighted by atomic mass is 79.9. The Hall–Kier alpha value is -1.90. The Labute approximate surface area is 206 Å². The Bertz CT molecular complexity index is 1230. The summed E-state index contributed by atoms with van der Waals surface area (Å²) in [6, 6.07) is 16.7. The first-order chi connectivity index (χ1) is 15.1. The van der Waals surface area contributed by atoms with Crippen LogP contribution >= 0.6 is 39.1 Å². The largest absolute Gasteiger partial charge is 0.324 e. The lowest BCUT2D eigenvalue weighted by molar-refractivity contribution is -0.116. The van der Waals surface area contributed by atoms with Gasteiger partial charge >= 0.3 is 0 Å². The summed E-state index contributed by atoms with van der Waals surface area (Å²) in [5.41, 5.74) is 2.99. The van der Waals surface area contributed by atoms with E-state index in [9.17, 15) is 13.2 Å². The van der Waals surface area contributed by atoms with E-state index in [2.05, 4.69) is 21.2 Å². The molecule has 0 aromatic heterocycles. The number of rotatable bonds is 7. The topological polar surface area (TPSA) is 66.5 Å². The molecule has 5 nitrogen and oxygen atoms in total. The third-order valence-electron chi connectivity index (χ3n) is 4.88. The maximum Gasteiger partial charge on any atom is 0.243 e. The van der Waals surface area contributed by atoms with E-state index in [1.54, 1.807) is 30.3 Å². The summed E-state index contributed by atoms with van der Waals surface area (Å²) in [5.74, 6) is -0.451. The van der Waals surface area contributed by atoms with Crippen LogP contribution in [0.5, 0.6) is 0 Å². The van der Waals surface area contributed by atoms with Gasteiger partial charge in [-0.3, -0.25) is 4.79 Å². The number of sulfonamides is 1. The summed E-state index contributed by atoms with van der Waals surface area (Å²) in [6.45, 7) is 3.29. The van der Waals surface area contributed by atoms with Crippen molar-refractivity contribution in [3.05, 3.63) is 91.9 Å². The summed E-state index contributed by atoms with van der Waals surface area (Å²) in [4.78, 5) is 13.0. The van der Waals surface area contributed by atoms with Crippen LogP contribution in [0.25, 0.3) is 0 Å². The molecule has 0 aliphatic rings. The molecule has 0 bridgehead atoms. The monoisotopic (exact) mass is 554 g/mol. The Kier molecular flexibility index (Phi) is 8.01. The average molecular weight is 556 g/mol. The Balaban J connectivity index is 1.94. The van der Waals surface area contributed by atoms with E-state index < -0.39 is 15.9 Å². The fraction of sp³-hybridized carbons (Fsp3) is 0.174. The van der Waals surface area contributed by atoms with E-state index in [-0.39, 0.29) is 18.0 Å². The number of aryl methyl sites for hydroxylation is 2. The average Bonchev–Trinajstić information content (AvgIpc) is 2.72. The maximum atomic E-state index is 13.4. The van der Waals surface area contributed by atoms with Crippen LogP contribution in [0.15, 0.2) is 70.0 Å². The van der Waals surface area contributed by atoms with Gasteiger partial charge in [0.25, 0.3) is 0 Å². The molecule has 9 heteroatoms. The highest BCUT2D eigenvalue weighted by Gasteiger charge is 2.28. The van der Waals surface area contributed by atoms with Gasteiger partial charge in [-0.2, -0.15) is 4.31 Å². The number of amides is 1. The van der Waals surface area contributed by atoms with Crippen molar-refractivity contribution in [2.24, 2.45) is 0 Å². The number of benzene rings is 3. The number of halogens is 3. The van der Waals surface area contributed by atoms with Gasteiger partial charge in [-0.25, -0.2) is 8.42 Å². The molecule has 0 saturated heterocycles. The number of carbonyl (C=O) groups is 1. The number of nitrogens with zero attached hydrogens (tertiary/aromatic N) is 1. The van der Waals surface area contributed by atoms with E-state index in [0.717, 1.165) is 19.9 Å². The standard InChI is InChI=1S/C23H21BrCl2N2O3S/c1-15-4-3-5-16(2)23(15)27-22(29)14-28(13-17-6-9-19(25)12-21(17)26)32(30,31)20-10-7-18(24)8-11-20/h3-12H,13-14H2,1-2H3,(H,27,29). The number of carbonyl (C=O) groups excluding carboxylic acids is 1. The molecule has 3 aromatic rings. The van der Waals surface area contributed by atoms with E-state index in [0.29, 0.717) is 21.3 Å². The third-order valence-corrected chi connectivity index (χ3v) is 7.80. The molecule has 0 fully saturated rings. The van der Waals surface area contributed by atoms with Gasteiger partial charge in [-0.15, -0.1) is 0 Å². The zero-order valence-electron chi connectivity index (χ0n) is 17.4. The van der Waals surface area contributed by atoms with Crippen LogP contribution in [-0.4, -0.2) is 25.2 Å². The number of para-hydroxylation sites is 1. The molecular weight excluding hydrogens is 535 g/mol. The molecule has 0 saturated carbocycles. The lowest BCUT2D eigenvalue weighted by atomic mass is 10.1. The molecule has 3 aromatic carbocycles. The molecule has 0 heterocycles. The molecule has 1 amide bonds. The molecule has 0 radical (unpaired) electrons. The molecule has 0 aliphatic carbocycles. The minimum absolute atomic E-state index is 0.0747. The smallest absolute Gasteiger partial charge is 0.243 e. The minimum Gasteiger partial charge on any atom is -0.324 e. The number of hydrogen-bond acceptors (Lipinski definition) is 3. The summed E-state index contributed by atoms with van der Waals surface area (Å²) < 4.78 is 28.7. The minimum atomic E-state index is -3.99. The van der Waals surface area contributed by atoms with Gasteiger partial charge in [-0.05, 0) is 66.9 Å². The molecule has 168 valence electrons. The molecule has 32 heavy (non-hydrogen) atoms. The fourth-order valence-corrected chi connectivity index (χ4v) is 5.28. The van der Waals surface area contributed by atoms with Crippen LogP contribution in [0.1, 0.15) is 16.7 Å². The van der Waals surface area contributed by atoms with Crippen molar-refractivity contribution in [3.8, 4) is 0 Å². The first-order valence-corrected chi connectivity index (χ1v) is 12.6. The van der Waals surface area contributed by atoms with Gasteiger partial charge in [0, 0.05) is 26.8 Å². The van der Waals surface area contributed by atoms with Crippen LogP contribution < -0.4 is 5.32 Å². The predicted octanol–water partition coefficient (Wildman–Crippen LogP) is 6.20. The number of anilines is 1. The van der Waals surface area contributed by atoms with Gasteiger partial charge in [0.05, 0.1) is 11.4 Å². The SMILES string of the molecule is Cc1cccc(C)c1NC(=O)CN(Cc1ccc(Cl)cc1Cl)S(=O)(=O)c1ccc(Br)cc1. The quantitative estimate of drug-likeness (QED) is 0.377. The van der Waals surface area contributed by atoms with Crippen molar-refractivity contribution in [3.63, 3.8) is 0 Å². The van der Waals surface area contributed by atoms with Crippen molar-refractivity contribution in [1.82, 2.24) is 4.31 Å². The Morgan fingerprint density at radius 3 is 2.22 bits per heavy atom. The highest BCUT2D eigenvalue weighted by molar-refractivity contribution is 9.10. The van der Waals surface area contributed by atoms with Gasteiger partial charge in [-0.1, -0.05) is 63.4 Å². The second kappa shape index (κ2) is 10.4. The van der Waals surface area contributed by atoms with Gasteiger partial charge in [0.2, 0.25) is 15.9 Å². The third kappa shape index (κ3) is 5.91. The Morgan fingerprint density at radius 1 is 1.00 bits per heavy atom. The van der Waals surface area contributed by atoms with Crippen LogP contribution in [0.2, 0.25) is 10.0 Å². The van der Waals surface area contributed by atoms with Gasteiger partial charge < -0.3 is 5.32 Å². The zero-order valence-corrected chi connectivity index (χ0v) is 21.3. The molecule has 3 rings (SSSR count). The van der Waals surface area contributed by atoms with Crippen molar-refractivity contribution in [2.45, 2.75) is 25.3 Å². The molecular formula is C23H21BrCl2N2O3S. The van der Waals surface area contributed by atoms with E-state index in [4.69, 9.17) is 23.2 Å². The van der Waals surface area contributed by atoms with Crippen molar-refractivity contribution in [2.75, 3.05) is 11.9 Å². The number of hydrogen-bond donors (Lipinski definition) is 1. The van der Waals surface area contributed by atoms with Crippen molar-refractivity contribution >= 4 is 60.7 Å². The van der Waals surface area contributed by atoms with Crippen LogP contribution in [0.4, 0.5) is 5.69 Å². The van der Waals surface area contributed by atoms with Gasteiger partial charge in [0.15, 0.2) is 0 Å². The predicted molar refractivity (Wildman–Crippen MR) is 133 cm³/mol. The lowest BCUT2D eigenvalue weighted by Crippen LogP contribution is -2.37. The molecule has 0 unspecified atom stereocenters.